The summed E-state index contributed by atoms with van der Waals surface area (Å²) in [6.45, 7) is 4.93. The Bertz CT molecular complexity index is 544. The highest BCUT2D eigenvalue weighted by Gasteiger charge is 2.27. The second kappa shape index (κ2) is 5.09. The van der Waals surface area contributed by atoms with Crippen molar-refractivity contribution in [3.63, 3.8) is 0 Å². The molecule has 1 unspecified atom stereocenters. The largest absolute Gasteiger partial charge is 0.311 e. The van der Waals surface area contributed by atoms with E-state index in [0.29, 0.717) is 6.04 Å². The summed E-state index contributed by atoms with van der Waals surface area (Å²) in [6, 6.07) is 4.99. The van der Waals surface area contributed by atoms with Gasteiger partial charge in [-0.15, -0.1) is 10.2 Å². The van der Waals surface area contributed by atoms with Gasteiger partial charge in [-0.3, -0.25) is 4.98 Å². The van der Waals surface area contributed by atoms with Gasteiger partial charge in [0.05, 0.1) is 6.54 Å². The van der Waals surface area contributed by atoms with Gasteiger partial charge in [0.15, 0.2) is 0 Å². The molecule has 0 aromatic carbocycles. The maximum Gasteiger partial charge on any atom is 0.147 e. The van der Waals surface area contributed by atoms with E-state index < -0.39 is 0 Å². The lowest BCUT2D eigenvalue weighted by atomic mass is 10.1. The van der Waals surface area contributed by atoms with Crippen LogP contribution in [0.25, 0.3) is 0 Å². The summed E-state index contributed by atoms with van der Waals surface area (Å²) < 4.78 is 2.27. The van der Waals surface area contributed by atoms with Gasteiger partial charge in [-0.1, -0.05) is 0 Å². The van der Waals surface area contributed by atoms with Crippen LogP contribution < -0.4 is 5.32 Å². The molecule has 3 rings (SSSR count). The van der Waals surface area contributed by atoms with Crippen LogP contribution in [0.15, 0.2) is 24.5 Å². The highest BCUT2D eigenvalue weighted by Crippen LogP contribution is 2.36. The molecule has 0 spiro atoms. The van der Waals surface area contributed by atoms with Gasteiger partial charge in [0.1, 0.15) is 11.6 Å². The number of aryl methyl sites for hydroxylation is 1. The van der Waals surface area contributed by atoms with E-state index >= 15 is 0 Å². The number of aromatic nitrogens is 4. The Morgan fingerprint density at radius 2 is 2.05 bits per heavy atom. The molecule has 0 bridgehead atoms. The summed E-state index contributed by atoms with van der Waals surface area (Å²) in [5.74, 6) is 2.07. The van der Waals surface area contributed by atoms with E-state index in [9.17, 15) is 0 Å². The van der Waals surface area contributed by atoms with Crippen molar-refractivity contribution in [2.45, 2.75) is 45.3 Å². The monoisotopic (exact) mass is 257 g/mol. The molecule has 100 valence electrons. The summed E-state index contributed by atoms with van der Waals surface area (Å²) in [4.78, 5) is 4.04. The van der Waals surface area contributed by atoms with Crippen molar-refractivity contribution in [2.24, 2.45) is 0 Å². The van der Waals surface area contributed by atoms with E-state index in [2.05, 4.69) is 32.0 Å². The Hall–Kier alpha value is -1.75. The molecule has 1 fully saturated rings. The van der Waals surface area contributed by atoms with Crippen molar-refractivity contribution in [3.05, 3.63) is 41.7 Å². The number of pyridine rings is 1. The third-order valence-corrected chi connectivity index (χ3v) is 3.62. The number of nitrogens with one attached hydrogen (secondary N) is 1. The van der Waals surface area contributed by atoms with Crippen LogP contribution in [0.2, 0.25) is 0 Å². The summed E-state index contributed by atoms with van der Waals surface area (Å²) in [5, 5.41) is 12.0. The van der Waals surface area contributed by atoms with Gasteiger partial charge in [-0.05, 0) is 44.4 Å². The molecule has 0 aliphatic heterocycles. The maximum absolute atomic E-state index is 4.28. The smallest absolute Gasteiger partial charge is 0.147 e. The topological polar surface area (TPSA) is 55.6 Å². The fourth-order valence-corrected chi connectivity index (χ4v) is 2.36. The zero-order chi connectivity index (χ0) is 13.2. The van der Waals surface area contributed by atoms with Crippen LogP contribution in [0.4, 0.5) is 0 Å². The van der Waals surface area contributed by atoms with E-state index in [1.165, 1.54) is 18.4 Å². The Morgan fingerprint density at radius 1 is 1.32 bits per heavy atom. The van der Waals surface area contributed by atoms with Crippen LogP contribution >= 0.6 is 0 Å². The van der Waals surface area contributed by atoms with Crippen LogP contribution in [0.5, 0.6) is 0 Å². The number of nitrogens with zero attached hydrogens (tertiary/aromatic N) is 4. The first-order chi connectivity index (χ1) is 9.25. The van der Waals surface area contributed by atoms with Gasteiger partial charge in [-0.2, -0.15) is 0 Å². The molecule has 0 radical (unpaired) electrons. The Kier molecular flexibility index (Phi) is 3.29. The lowest BCUT2D eigenvalue weighted by Crippen LogP contribution is -2.20. The zero-order valence-electron chi connectivity index (χ0n) is 11.4. The molecule has 1 aliphatic carbocycles. The Labute approximate surface area is 113 Å². The van der Waals surface area contributed by atoms with Crippen molar-refractivity contribution in [1.29, 1.82) is 0 Å². The average Bonchev–Trinajstić information content (AvgIpc) is 3.21. The third-order valence-electron chi connectivity index (χ3n) is 3.62. The van der Waals surface area contributed by atoms with Crippen molar-refractivity contribution >= 4 is 0 Å². The molecule has 1 saturated carbocycles. The molecular weight excluding hydrogens is 238 g/mol. The number of rotatable bonds is 5. The van der Waals surface area contributed by atoms with Crippen molar-refractivity contribution in [1.82, 2.24) is 25.1 Å². The van der Waals surface area contributed by atoms with Gasteiger partial charge in [0.25, 0.3) is 0 Å². The summed E-state index contributed by atoms with van der Waals surface area (Å²) in [5.41, 5.74) is 1.24. The second-order valence-corrected chi connectivity index (χ2v) is 5.15. The van der Waals surface area contributed by atoms with Crippen LogP contribution in [-0.2, 0) is 6.54 Å². The van der Waals surface area contributed by atoms with Crippen molar-refractivity contribution in [3.8, 4) is 0 Å². The van der Waals surface area contributed by atoms with E-state index in [1.54, 1.807) is 0 Å². The minimum absolute atomic E-state index is 0.285. The standard InChI is InChI=1S/C14H19N5/c1-10(12-5-7-15-8-6-12)16-9-14-18-17-11(2)19(14)13-3-4-13/h5-8,10,13,16H,3-4,9H2,1-2H3. The average molecular weight is 257 g/mol. The second-order valence-electron chi connectivity index (χ2n) is 5.15. The lowest BCUT2D eigenvalue weighted by Gasteiger charge is -2.14. The maximum atomic E-state index is 4.28. The number of hydrogen-bond donors (Lipinski definition) is 1. The van der Waals surface area contributed by atoms with Crippen LogP contribution in [0, 0.1) is 6.92 Å². The lowest BCUT2D eigenvalue weighted by molar-refractivity contribution is 0.534. The SMILES string of the molecule is Cc1nnc(CNC(C)c2ccncc2)n1C1CC1. The molecular formula is C14H19N5. The fraction of sp³-hybridized carbons (Fsp3) is 0.500. The first-order valence-corrected chi connectivity index (χ1v) is 6.79. The van der Waals surface area contributed by atoms with Crippen LogP contribution in [-0.4, -0.2) is 19.7 Å². The van der Waals surface area contributed by atoms with Gasteiger partial charge in [0.2, 0.25) is 0 Å². The molecule has 0 amide bonds. The fourth-order valence-electron chi connectivity index (χ4n) is 2.36. The van der Waals surface area contributed by atoms with Gasteiger partial charge in [0, 0.05) is 24.5 Å². The first kappa shape index (κ1) is 12.3. The predicted molar refractivity (Wildman–Crippen MR) is 72.5 cm³/mol. The minimum Gasteiger partial charge on any atom is -0.311 e. The molecule has 2 aromatic rings. The van der Waals surface area contributed by atoms with Crippen LogP contribution in [0.1, 0.15) is 49.1 Å². The normalized spacial score (nSPS) is 16.5. The van der Waals surface area contributed by atoms with E-state index in [0.717, 1.165) is 18.2 Å². The van der Waals surface area contributed by atoms with E-state index in [-0.39, 0.29) is 6.04 Å². The number of hydrogen-bond acceptors (Lipinski definition) is 4. The quantitative estimate of drug-likeness (QED) is 0.892. The molecule has 1 N–H and O–H groups in total. The summed E-state index contributed by atoms with van der Waals surface area (Å²) in [7, 11) is 0. The molecule has 2 aromatic heterocycles. The van der Waals surface area contributed by atoms with Crippen LogP contribution in [0.3, 0.4) is 0 Å². The highest BCUT2D eigenvalue weighted by atomic mass is 15.3. The first-order valence-electron chi connectivity index (χ1n) is 6.79. The molecule has 2 heterocycles. The molecule has 5 nitrogen and oxygen atoms in total. The van der Waals surface area contributed by atoms with Crippen molar-refractivity contribution < 1.29 is 0 Å². The third kappa shape index (κ3) is 2.66. The van der Waals surface area contributed by atoms with E-state index in [4.69, 9.17) is 0 Å². The summed E-state index contributed by atoms with van der Waals surface area (Å²) >= 11 is 0. The molecule has 1 atom stereocenters. The molecule has 1 aliphatic rings. The minimum atomic E-state index is 0.285. The molecule has 5 heteroatoms. The predicted octanol–water partition coefficient (Wildman–Crippen LogP) is 2.17. The molecule has 19 heavy (non-hydrogen) atoms. The molecule has 0 saturated heterocycles. The Morgan fingerprint density at radius 3 is 2.74 bits per heavy atom. The van der Waals surface area contributed by atoms with E-state index in [1.807, 2.05) is 31.5 Å². The van der Waals surface area contributed by atoms with Gasteiger partial charge >= 0.3 is 0 Å². The highest BCUT2D eigenvalue weighted by molar-refractivity contribution is 5.14. The van der Waals surface area contributed by atoms with Crippen molar-refractivity contribution in [2.75, 3.05) is 0 Å². The van der Waals surface area contributed by atoms with Gasteiger partial charge in [-0.25, -0.2) is 0 Å². The van der Waals surface area contributed by atoms with Gasteiger partial charge < -0.3 is 9.88 Å². The zero-order valence-corrected chi connectivity index (χ0v) is 11.4. The summed E-state index contributed by atoms with van der Waals surface area (Å²) in [6.07, 6.45) is 6.16. The Balaban J connectivity index is 1.66.